The van der Waals surface area contributed by atoms with Crippen LogP contribution in [0.1, 0.15) is 66.2 Å². The summed E-state index contributed by atoms with van der Waals surface area (Å²) < 4.78 is 5.38. The number of carbonyl (C=O) groups is 2. The van der Waals surface area contributed by atoms with Gasteiger partial charge in [-0.05, 0) is 36.7 Å². The van der Waals surface area contributed by atoms with Gasteiger partial charge in [-0.2, -0.15) is 0 Å². The molecule has 5 heteroatoms. The van der Waals surface area contributed by atoms with Crippen molar-refractivity contribution in [3.63, 3.8) is 0 Å². The van der Waals surface area contributed by atoms with Crippen molar-refractivity contribution in [2.45, 2.75) is 78.3 Å². The fourth-order valence-electron chi connectivity index (χ4n) is 2.87. The Bertz CT molecular complexity index is 511. The van der Waals surface area contributed by atoms with E-state index >= 15 is 0 Å². The van der Waals surface area contributed by atoms with E-state index in [-0.39, 0.29) is 11.9 Å². The van der Waals surface area contributed by atoms with Crippen molar-refractivity contribution in [3.8, 4) is 0 Å². The van der Waals surface area contributed by atoms with Crippen LogP contribution in [0, 0.1) is 11.8 Å². The maximum Gasteiger partial charge on any atom is 0.328 e. The first kappa shape index (κ1) is 22.4. The number of hydrogen-bond acceptors (Lipinski definition) is 4. The summed E-state index contributed by atoms with van der Waals surface area (Å²) in [5.74, 6) is 0.162. The van der Waals surface area contributed by atoms with E-state index < -0.39 is 12.1 Å². The second-order valence-corrected chi connectivity index (χ2v) is 7.73. The van der Waals surface area contributed by atoms with Gasteiger partial charge in [0.2, 0.25) is 5.91 Å². The number of nitrogens with two attached hydrogens (primary N) is 1. The van der Waals surface area contributed by atoms with E-state index in [1.165, 1.54) is 0 Å². The Morgan fingerprint density at radius 3 is 2.65 bits per heavy atom. The standard InChI is InChI=1S/C21H36N2O3/c1-5-6-7-12-26-21(25)19(14-17-10-8-16(4)9-11-17)23-20(24)18(22)13-15(2)3/h8,10-11,15-16,18-19H,5-7,9,12-14,22H2,1-4H3,(H,23,24)/t16?,18-,19+/m1/s1. The van der Waals surface area contributed by atoms with Crippen LogP contribution < -0.4 is 11.1 Å². The van der Waals surface area contributed by atoms with Crippen molar-refractivity contribution >= 4 is 11.9 Å². The third-order valence-corrected chi connectivity index (χ3v) is 4.49. The highest BCUT2D eigenvalue weighted by Gasteiger charge is 2.26. The molecule has 0 fully saturated rings. The summed E-state index contributed by atoms with van der Waals surface area (Å²) in [4.78, 5) is 24.9. The van der Waals surface area contributed by atoms with Crippen LogP contribution in [0.5, 0.6) is 0 Å². The molecule has 0 bridgehead atoms. The molecule has 148 valence electrons. The highest BCUT2D eigenvalue weighted by Crippen LogP contribution is 2.20. The second kappa shape index (κ2) is 11.9. The SMILES string of the molecule is CCCCCOC(=O)[C@H](CC1=CCC(C)C=C1)NC(=O)[C@H](N)CC(C)C. The number of ether oxygens (including phenoxy) is 1. The molecule has 0 heterocycles. The second-order valence-electron chi connectivity index (χ2n) is 7.73. The molecule has 26 heavy (non-hydrogen) atoms. The summed E-state index contributed by atoms with van der Waals surface area (Å²) in [6, 6.07) is -1.30. The minimum absolute atomic E-state index is 0.289. The normalized spacial score (nSPS) is 19.0. The summed E-state index contributed by atoms with van der Waals surface area (Å²) in [6.07, 6.45) is 11.2. The van der Waals surface area contributed by atoms with Crippen molar-refractivity contribution in [2.24, 2.45) is 17.6 Å². The molecule has 1 amide bonds. The average molecular weight is 365 g/mol. The Morgan fingerprint density at radius 2 is 2.08 bits per heavy atom. The highest BCUT2D eigenvalue weighted by molar-refractivity contribution is 5.87. The number of hydrogen-bond donors (Lipinski definition) is 2. The molecular formula is C21H36N2O3. The summed E-state index contributed by atoms with van der Waals surface area (Å²) in [5.41, 5.74) is 7.02. The minimum Gasteiger partial charge on any atom is -0.464 e. The number of nitrogens with one attached hydrogen (secondary N) is 1. The molecule has 1 rings (SSSR count). The van der Waals surface area contributed by atoms with E-state index in [1.54, 1.807) is 0 Å². The lowest BCUT2D eigenvalue weighted by atomic mass is 9.94. The molecule has 0 saturated carbocycles. The fourth-order valence-corrected chi connectivity index (χ4v) is 2.87. The lowest BCUT2D eigenvalue weighted by Gasteiger charge is -2.22. The van der Waals surface area contributed by atoms with Crippen molar-refractivity contribution < 1.29 is 14.3 Å². The smallest absolute Gasteiger partial charge is 0.328 e. The zero-order valence-corrected chi connectivity index (χ0v) is 16.8. The van der Waals surface area contributed by atoms with E-state index in [2.05, 4.69) is 31.3 Å². The molecule has 0 radical (unpaired) electrons. The average Bonchev–Trinajstić information content (AvgIpc) is 2.59. The first-order chi connectivity index (χ1) is 12.3. The van der Waals surface area contributed by atoms with Crippen LogP contribution in [-0.2, 0) is 14.3 Å². The van der Waals surface area contributed by atoms with E-state index in [1.807, 2.05) is 19.9 Å². The predicted octanol–water partition coefficient (Wildman–Crippen LogP) is 3.49. The minimum atomic E-state index is -0.688. The van der Waals surface area contributed by atoms with Crippen molar-refractivity contribution in [2.75, 3.05) is 6.61 Å². The van der Waals surface area contributed by atoms with Crippen LogP contribution in [0.15, 0.2) is 23.8 Å². The molecule has 1 aliphatic carbocycles. The molecule has 0 aliphatic heterocycles. The summed E-state index contributed by atoms with van der Waals surface area (Å²) in [7, 11) is 0. The van der Waals surface area contributed by atoms with Crippen LogP contribution in [-0.4, -0.2) is 30.6 Å². The first-order valence-corrected chi connectivity index (χ1v) is 9.93. The first-order valence-electron chi connectivity index (χ1n) is 9.93. The Kier molecular flexibility index (Phi) is 10.3. The Balaban J connectivity index is 2.69. The molecular weight excluding hydrogens is 328 g/mol. The number of unbranched alkanes of at least 4 members (excludes halogenated alkanes) is 2. The van der Waals surface area contributed by atoms with Crippen molar-refractivity contribution in [1.29, 1.82) is 0 Å². The third-order valence-electron chi connectivity index (χ3n) is 4.49. The third kappa shape index (κ3) is 8.65. The molecule has 1 aliphatic rings. The van der Waals surface area contributed by atoms with E-state index in [4.69, 9.17) is 10.5 Å². The zero-order valence-electron chi connectivity index (χ0n) is 16.8. The summed E-state index contributed by atoms with van der Waals surface area (Å²) in [6.45, 7) is 8.68. The van der Waals surface area contributed by atoms with Crippen LogP contribution >= 0.6 is 0 Å². The van der Waals surface area contributed by atoms with Crippen LogP contribution in [0.25, 0.3) is 0 Å². The van der Waals surface area contributed by atoms with Gasteiger partial charge in [0.25, 0.3) is 0 Å². The maximum atomic E-state index is 12.5. The van der Waals surface area contributed by atoms with E-state index in [9.17, 15) is 9.59 Å². The zero-order chi connectivity index (χ0) is 19.5. The van der Waals surface area contributed by atoms with Gasteiger partial charge in [-0.25, -0.2) is 4.79 Å². The lowest BCUT2D eigenvalue weighted by molar-refractivity contribution is -0.148. The topological polar surface area (TPSA) is 81.4 Å². The largest absolute Gasteiger partial charge is 0.464 e. The Morgan fingerprint density at radius 1 is 1.35 bits per heavy atom. The van der Waals surface area contributed by atoms with Crippen LogP contribution in [0.4, 0.5) is 0 Å². The van der Waals surface area contributed by atoms with Gasteiger partial charge in [-0.1, -0.05) is 58.8 Å². The van der Waals surface area contributed by atoms with Gasteiger partial charge in [-0.15, -0.1) is 0 Å². The van der Waals surface area contributed by atoms with Gasteiger partial charge in [0.15, 0.2) is 0 Å². The molecule has 0 saturated heterocycles. The van der Waals surface area contributed by atoms with E-state index in [0.29, 0.717) is 31.3 Å². The number of carbonyl (C=O) groups excluding carboxylic acids is 2. The number of esters is 1. The summed E-state index contributed by atoms with van der Waals surface area (Å²) in [5, 5.41) is 2.81. The van der Waals surface area contributed by atoms with Gasteiger partial charge in [0.05, 0.1) is 12.6 Å². The van der Waals surface area contributed by atoms with Crippen LogP contribution in [0.2, 0.25) is 0 Å². The van der Waals surface area contributed by atoms with Crippen LogP contribution in [0.3, 0.4) is 0 Å². The van der Waals surface area contributed by atoms with Gasteiger partial charge < -0.3 is 15.8 Å². The molecule has 3 atom stereocenters. The molecule has 3 N–H and O–H groups in total. The monoisotopic (exact) mass is 364 g/mol. The van der Waals surface area contributed by atoms with Crippen molar-refractivity contribution in [3.05, 3.63) is 23.8 Å². The predicted molar refractivity (Wildman–Crippen MR) is 105 cm³/mol. The number of allylic oxidation sites excluding steroid dienone is 3. The lowest BCUT2D eigenvalue weighted by Crippen LogP contribution is -2.49. The van der Waals surface area contributed by atoms with Gasteiger partial charge in [-0.3, -0.25) is 4.79 Å². The van der Waals surface area contributed by atoms with Gasteiger partial charge in [0.1, 0.15) is 6.04 Å². The van der Waals surface area contributed by atoms with Gasteiger partial charge >= 0.3 is 5.97 Å². The molecule has 1 unspecified atom stereocenters. The van der Waals surface area contributed by atoms with Gasteiger partial charge in [0, 0.05) is 6.42 Å². The highest BCUT2D eigenvalue weighted by atomic mass is 16.5. The summed E-state index contributed by atoms with van der Waals surface area (Å²) >= 11 is 0. The van der Waals surface area contributed by atoms with E-state index in [0.717, 1.165) is 31.3 Å². The molecule has 5 nitrogen and oxygen atoms in total. The van der Waals surface area contributed by atoms with Crippen molar-refractivity contribution in [1.82, 2.24) is 5.32 Å². The number of rotatable bonds is 11. The Hall–Kier alpha value is -1.62. The molecule has 0 aromatic carbocycles. The molecule has 0 aromatic rings. The number of amides is 1. The Labute approximate surface area is 158 Å². The molecule has 0 aromatic heterocycles. The fraction of sp³-hybridized carbons (Fsp3) is 0.714. The molecule has 0 spiro atoms. The maximum absolute atomic E-state index is 12.5. The quantitative estimate of drug-likeness (QED) is 0.434.